The maximum absolute atomic E-state index is 16.2. The standard InChI is InChI=1S/C46H55FN12O5S2/c1-7-56(6)66(63,64)55-33-10-8-9-32(38(33)47)39-40(65-42(54-39)45(2,3)4)34-17-20-48-44(51-34)52-35-14-12-30(28-49-35)57-23-25-59(26-24-57)43(62)46(5)18-21-58(22-19-46)36-15-11-29(27-50-36)31-13-16-37(60)53-41(31)61/h8-12,14-15,17,20,27-28,31,55H,7,13,16,18-19,21-26H2,1-6H3,(H,53,60,61)(H,48,49,51,52)/t31-/m0/s1. The van der Waals surface area contributed by atoms with Gasteiger partial charge in [-0.25, -0.2) is 29.3 Å². The maximum atomic E-state index is 16.2. The fourth-order valence-corrected chi connectivity index (χ4v) is 10.3. The highest BCUT2D eigenvalue weighted by atomic mass is 32.2. The Kier molecular flexibility index (Phi) is 13.1. The van der Waals surface area contributed by atoms with Gasteiger partial charge in [0, 0.05) is 88.1 Å². The summed E-state index contributed by atoms with van der Waals surface area (Å²) in [5.74, 6) is 0.141. The van der Waals surface area contributed by atoms with Gasteiger partial charge in [0.05, 0.1) is 44.8 Å². The summed E-state index contributed by atoms with van der Waals surface area (Å²) in [6, 6.07) is 13.9. The van der Waals surface area contributed by atoms with Gasteiger partial charge in [-0.3, -0.25) is 24.4 Å². The zero-order chi connectivity index (χ0) is 47.0. The average molecular weight is 939 g/mol. The molecule has 0 unspecified atom stereocenters. The molecule has 3 amide bonds. The molecule has 0 bridgehead atoms. The molecule has 4 aromatic heterocycles. The van der Waals surface area contributed by atoms with E-state index >= 15 is 4.39 Å². The molecule has 17 nitrogen and oxygen atoms in total. The molecule has 3 aliphatic heterocycles. The first-order valence-electron chi connectivity index (χ1n) is 22.1. The molecule has 8 rings (SSSR count). The van der Waals surface area contributed by atoms with Crippen molar-refractivity contribution in [2.24, 2.45) is 5.41 Å². The first-order chi connectivity index (χ1) is 31.4. The summed E-state index contributed by atoms with van der Waals surface area (Å²) in [5, 5.41) is 6.35. The number of aromatic nitrogens is 5. The number of hydrogen-bond acceptors (Lipinski definition) is 14. The largest absolute Gasteiger partial charge is 0.367 e. The molecule has 5 aromatic rings. The lowest BCUT2D eigenvalue weighted by atomic mass is 9.79. The molecule has 66 heavy (non-hydrogen) atoms. The number of anilines is 5. The quantitative estimate of drug-likeness (QED) is 0.118. The van der Waals surface area contributed by atoms with Crippen LogP contribution in [0.5, 0.6) is 0 Å². The van der Waals surface area contributed by atoms with Crippen LogP contribution in [0.2, 0.25) is 0 Å². The van der Waals surface area contributed by atoms with Gasteiger partial charge in [-0.2, -0.15) is 12.7 Å². The Balaban J connectivity index is 0.880. The van der Waals surface area contributed by atoms with Crippen molar-refractivity contribution in [3.05, 3.63) is 83.5 Å². The number of thiazole rings is 1. The molecule has 3 N–H and O–H groups in total. The molecule has 1 atom stereocenters. The zero-order valence-corrected chi connectivity index (χ0v) is 39.6. The van der Waals surface area contributed by atoms with Gasteiger partial charge < -0.3 is 20.0 Å². The molecule has 20 heteroatoms. The van der Waals surface area contributed by atoms with Gasteiger partial charge in [-0.15, -0.1) is 11.3 Å². The van der Waals surface area contributed by atoms with E-state index in [0.29, 0.717) is 87.0 Å². The van der Waals surface area contributed by atoms with E-state index in [1.807, 2.05) is 49.9 Å². The molecule has 0 radical (unpaired) electrons. The van der Waals surface area contributed by atoms with Crippen molar-refractivity contribution >= 4 is 68.2 Å². The number of pyridine rings is 2. The third-order valence-electron chi connectivity index (χ3n) is 12.5. The molecule has 3 aliphatic rings. The SMILES string of the molecule is CCN(C)S(=O)(=O)Nc1cccc(-c2nc(C(C)(C)C)sc2-c2ccnc(Nc3ccc(N4CCN(C(=O)C5(C)CCN(c6ccc([C@@H]7CCC(=O)NC7=O)cn6)CC5)CC4)cn3)n2)c1F. The number of benzene rings is 1. The number of hydrogen-bond donors (Lipinski definition) is 3. The van der Waals surface area contributed by atoms with Gasteiger partial charge in [0.1, 0.15) is 11.6 Å². The van der Waals surface area contributed by atoms with Gasteiger partial charge in [0.15, 0.2) is 5.82 Å². The van der Waals surface area contributed by atoms with Crippen LogP contribution in [0.4, 0.5) is 33.3 Å². The molecule has 1 aromatic carbocycles. The number of halogens is 1. The molecule has 3 fully saturated rings. The number of piperazine rings is 1. The van der Waals surface area contributed by atoms with Crippen LogP contribution in [0.1, 0.15) is 76.8 Å². The van der Waals surface area contributed by atoms with E-state index in [1.54, 1.807) is 43.7 Å². The third kappa shape index (κ3) is 9.85. The Morgan fingerprint density at radius 3 is 2.36 bits per heavy atom. The molecule has 348 valence electrons. The van der Waals surface area contributed by atoms with Crippen LogP contribution in [0.3, 0.4) is 0 Å². The van der Waals surface area contributed by atoms with Gasteiger partial charge in [0.25, 0.3) is 0 Å². The second-order valence-electron chi connectivity index (χ2n) is 18.2. The van der Waals surface area contributed by atoms with Crippen LogP contribution >= 0.6 is 11.3 Å². The highest BCUT2D eigenvalue weighted by molar-refractivity contribution is 7.90. The number of amides is 3. The van der Waals surface area contributed by atoms with Gasteiger partial charge >= 0.3 is 10.2 Å². The van der Waals surface area contributed by atoms with E-state index in [4.69, 9.17) is 9.97 Å². The van der Waals surface area contributed by atoms with Gasteiger partial charge in [0.2, 0.25) is 23.7 Å². The van der Waals surface area contributed by atoms with Crippen molar-refractivity contribution < 1.29 is 27.2 Å². The Bertz CT molecular complexity index is 2710. The van der Waals surface area contributed by atoms with Crippen molar-refractivity contribution in [3.8, 4) is 21.8 Å². The fourth-order valence-electron chi connectivity index (χ4n) is 8.28. The van der Waals surface area contributed by atoms with Crippen LogP contribution in [0, 0.1) is 11.2 Å². The predicted octanol–water partition coefficient (Wildman–Crippen LogP) is 6.32. The molecule has 0 aliphatic carbocycles. The van der Waals surface area contributed by atoms with Crippen LogP contribution < -0.4 is 25.2 Å². The fraction of sp³-hybridized carbons (Fsp3) is 0.435. The minimum atomic E-state index is -3.98. The Morgan fingerprint density at radius 1 is 0.955 bits per heavy atom. The Morgan fingerprint density at radius 2 is 1.71 bits per heavy atom. The van der Waals surface area contributed by atoms with Crippen molar-refractivity contribution in [2.45, 2.75) is 71.6 Å². The summed E-state index contributed by atoms with van der Waals surface area (Å²) in [5.41, 5.74) is 1.67. The maximum Gasteiger partial charge on any atom is 0.301 e. The number of carbonyl (C=O) groups excluding carboxylic acids is 3. The topological polar surface area (TPSA) is 199 Å². The molecular weight excluding hydrogens is 884 g/mol. The normalized spacial score (nSPS) is 18.1. The Hall–Kier alpha value is -6.12. The lowest BCUT2D eigenvalue weighted by Crippen LogP contribution is -2.55. The summed E-state index contributed by atoms with van der Waals surface area (Å²) in [7, 11) is -2.56. The molecule has 0 spiro atoms. The molecule has 0 saturated carbocycles. The van der Waals surface area contributed by atoms with Crippen molar-refractivity contribution in [1.29, 1.82) is 0 Å². The van der Waals surface area contributed by atoms with Crippen molar-refractivity contribution in [1.82, 2.24) is 39.4 Å². The minimum Gasteiger partial charge on any atom is -0.367 e. The summed E-state index contributed by atoms with van der Waals surface area (Å²) in [6.07, 6.45) is 7.31. The van der Waals surface area contributed by atoms with Crippen molar-refractivity contribution in [2.75, 3.05) is 72.7 Å². The van der Waals surface area contributed by atoms with Crippen LogP contribution in [-0.2, 0) is 30.0 Å². The summed E-state index contributed by atoms with van der Waals surface area (Å²) in [4.78, 5) is 68.2. The highest BCUT2D eigenvalue weighted by Gasteiger charge is 2.41. The average Bonchev–Trinajstić information content (AvgIpc) is 3.77. The Labute approximate surface area is 388 Å². The predicted molar refractivity (Wildman–Crippen MR) is 253 cm³/mol. The lowest BCUT2D eigenvalue weighted by Gasteiger charge is -2.44. The monoisotopic (exact) mass is 938 g/mol. The summed E-state index contributed by atoms with van der Waals surface area (Å²) < 4.78 is 45.2. The van der Waals surface area contributed by atoms with Crippen LogP contribution in [-0.4, -0.2) is 113 Å². The van der Waals surface area contributed by atoms with E-state index in [9.17, 15) is 22.8 Å². The number of imide groups is 1. The minimum absolute atomic E-state index is 0.133. The summed E-state index contributed by atoms with van der Waals surface area (Å²) >= 11 is 1.39. The number of carbonyl (C=O) groups is 3. The van der Waals surface area contributed by atoms with Crippen LogP contribution in [0.25, 0.3) is 21.8 Å². The zero-order valence-electron chi connectivity index (χ0n) is 38.0. The van der Waals surface area contributed by atoms with Crippen LogP contribution in [0.15, 0.2) is 67.1 Å². The van der Waals surface area contributed by atoms with E-state index in [-0.39, 0.29) is 52.8 Å². The lowest BCUT2D eigenvalue weighted by molar-refractivity contribution is -0.142. The highest BCUT2D eigenvalue weighted by Crippen LogP contribution is 2.42. The first-order valence-corrected chi connectivity index (χ1v) is 24.4. The summed E-state index contributed by atoms with van der Waals surface area (Å²) in [6.45, 7) is 13.9. The van der Waals surface area contributed by atoms with Gasteiger partial charge in [-0.1, -0.05) is 46.8 Å². The third-order valence-corrected chi connectivity index (χ3v) is 15.6. The number of rotatable bonds is 12. The number of nitrogens with zero attached hydrogens (tertiary/aromatic N) is 9. The van der Waals surface area contributed by atoms with Crippen molar-refractivity contribution in [3.63, 3.8) is 0 Å². The molecular formula is C46H55FN12O5S2. The first kappa shape index (κ1) is 46.4. The smallest absolute Gasteiger partial charge is 0.301 e. The number of nitrogens with one attached hydrogen (secondary N) is 3. The van der Waals surface area contributed by atoms with Gasteiger partial charge in [-0.05, 0) is 61.2 Å². The second-order valence-corrected chi connectivity index (χ2v) is 21.0. The van der Waals surface area contributed by atoms with E-state index in [0.717, 1.165) is 26.4 Å². The second kappa shape index (κ2) is 18.6. The molecule has 3 saturated heterocycles. The van der Waals surface area contributed by atoms with E-state index in [2.05, 4.69) is 47.0 Å². The number of piperidine rings is 2. The van der Waals surface area contributed by atoms with E-state index in [1.165, 1.54) is 24.5 Å². The molecule has 7 heterocycles. The van der Waals surface area contributed by atoms with E-state index < -0.39 is 21.4 Å².